The largest absolute Gasteiger partial charge is 0.455 e. The number of halogens is 1. The SMILES string of the molecule is Cc1c(C(=O)NN)oc2c1/C(=N/NC(=O)c1cncc(Br)c1)CCC2. The summed E-state index contributed by atoms with van der Waals surface area (Å²) in [6.07, 6.45) is 5.25. The molecule has 1 aliphatic rings. The molecule has 0 atom stereocenters. The standard InChI is InChI=1S/C16H16BrN5O3/c1-8-13-11(3-2-4-12(13)25-14(8)16(24)20-18)21-22-15(23)9-5-10(17)7-19-6-9/h5-7H,2-4,18H2,1H3,(H,20,24)(H,22,23)/b21-11+. The fourth-order valence-corrected chi connectivity index (χ4v) is 3.15. The predicted molar refractivity (Wildman–Crippen MR) is 94.0 cm³/mol. The lowest BCUT2D eigenvalue weighted by atomic mass is 9.93. The molecular formula is C16H16BrN5O3. The number of hydrazone groups is 1. The highest BCUT2D eigenvalue weighted by Crippen LogP contribution is 2.29. The first-order chi connectivity index (χ1) is 12.0. The topological polar surface area (TPSA) is 123 Å². The normalized spacial score (nSPS) is 14.9. The van der Waals surface area contributed by atoms with Gasteiger partial charge < -0.3 is 4.42 Å². The van der Waals surface area contributed by atoms with Crippen molar-refractivity contribution in [2.45, 2.75) is 26.2 Å². The van der Waals surface area contributed by atoms with Gasteiger partial charge in [-0.15, -0.1) is 0 Å². The highest BCUT2D eigenvalue weighted by Gasteiger charge is 2.27. The Labute approximate surface area is 152 Å². The van der Waals surface area contributed by atoms with Crippen LogP contribution in [0.2, 0.25) is 0 Å². The number of nitrogens with zero attached hydrogens (tertiary/aromatic N) is 2. The van der Waals surface area contributed by atoms with Crippen molar-refractivity contribution in [3.63, 3.8) is 0 Å². The lowest BCUT2D eigenvalue weighted by Crippen LogP contribution is -2.30. The number of aryl methyl sites for hydroxylation is 1. The molecule has 2 amide bonds. The van der Waals surface area contributed by atoms with Gasteiger partial charge in [-0.3, -0.25) is 20.0 Å². The maximum absolute atomic E-state index is 12.2. The first-order valence-corrected chi connectivity index (χ1v) is 8.41. The van der Waals surface area contributed by atoms with Crippen LogP contribution >= 0.6 is 15.9 Å². The van der Waals surface area contributed by atoms with Gasteiger partial charge in [0, 0.05) is 34.4 Å². The summed E-state index contributed by atoms with van der Waals surface area (Å²) in [5.74, 6) is 5.18. The molecule has 0 aromatic carbocycles. The molecule has 4 N–H and O–H groups in total. The summed E-state index contributed by atoms with van der Waals surface area (Å²) >= 11 is 3.27. The highest BCUT2D eigenvalue weighted by atomic mass is 79.9. The van der Waals surface area contributed by atoms with Crippen LogP contribution in [-0.2, 0) is 6.42 Å². The van der Waals surface area contributed by atoms with E-state index in [1.165, 1.54) is 6.20 Å². The number of hydrogen-bond donors (Lipinski definition) is 3. The Morgan fingerprint density at radius 2 is 2.12 bits per heavy atom. The number of hydrazine groups is 1. The lowest BCUT2D eigenvalue weighted by molar-refractivity contribution is 0.0921. The Morgan fingerprint density at radius 3 is 2.84 bits per heavy atom. The number of fused-ring (bicyclic) bond motifs is 1. The smallest absolute Gasteiger partial charge is 0.301 e. The summed E-state index contributed by atoms with van der Waals surface area (Å²) in [4.78, 5) is 28.0. The molecule has 0 fully saturated rings. The summed E-state index contributed by atoms with van der Waals surface area (Å²) in [7, 11) is 0. The summed E-state index contributed by atoms with van der Waals surface area (Å²) in [5.41, 5.74) is 7.10. The fourth-order valence-electron chi connectivity index (χ4n) is 2.78. The van der Waals surface area contributed by atoms with Gasteiger partial charge in [-0.25, -0.2) is 11.3 Å². The van der Waals surface area contributed by atoms with Crippen molar-refractivity contribution in [1.29, 1.82) is 0 Å². The zero-order valence-electron chi connectivity index (χ0n) is 13.4. The minimum atomic E-state index is -0.490. The summed E-state index contributed by atoms with van der Waals surface area (Å²) in [6, 6.07) is 1.65. The van der Waals surface area contributed by atoms with E-state index in [4.69, 9.17) is 10.3 Å². The van der Waals surface area contributed by atoms with Crippen molar-refractivity contribution >= 4 is 33.5 Å². The van der Waals surface area contributed by atoms with Crippen LogP contribution in [0.5, 0.6) is 0 Å². The van der Waals surface area contributed by atoms with Crippen LogP contribution in [0.1, 0.15) is 50.6 Å². The van der Waals surface area contributed by atoms with Crippen LogP contribution in [0, 0.1) is 6.92 Å². The van der Waals surface area contributed by atoms with Crippen LogP contribution in [0.4, 0.5) is 0 Å². The molecule has 2 aromatic heterocycles. The predicted octanol–water partition coefficient (Wildman–Crippen LogP) is 1.82. The number of nitrogens with one attached hydrogen (secondary N) is 2. The molecule has 9 heteroatoms. The lowest BCUT2D eigenvalue weighted by Gasteiger charge is -2.13. The van der Waals surface area contributed by atoms with E-state index in [0.29, 0.717) is 39.9 Å². The van der Waals surface area contributed by atoms with Gasteiger partial charge in [-0.2, -0.15) is 5.10 Å². The van der Waals surface area contributed by atoms with E-state index >= 15 is 0 Å². The fraction of sp³-hybridized carbons (Fsp3) is 0.250. The zero-order chi connectivity index (χ0) is 18.0. The molecule has 0 unspecified atom stereocenters. The second kappa shape index (κ2) is 7.16. The van der Waals surface area contributed by atoms with Crippen molar-refractivity contribution in [2.24, 2.45) is 10.9 Å². The van der Waals surface area contributed by atoms with Gasteiger partial charge in [0.15, 0.2) is 5.76 Å². The van der Waals surface area contributed by atoms with Gasteiger partial charge in [-0.1, -0.05) is 0 Å². The van der Waals surface area contributed by atoms with E-state index in [1.807, 2.05) is 0 Å². The van der Waals surface area contributed by atoms with Crippen molar-refractivity contribution in [3.8, 4) is 0 Å². The first kappa shape index (κ1) is 17.3. The summed E-state index contributed by atoms with van der Waals surface area (Å²) in [6.45, 7) is 1.77. The Balaban J connectivity index is 1.87. The van der Waals surface area contributed by atoms with Gasteiger partial charge in [-0.05, 0) is 41.8 Å². The van der Waals surface area contributed by atoms with E-state index in [0.717, 1.165) is 12.0 Å². The number of pyridine rings is 1. The van der Waals surface area contributed by atoms with E-state index in [-0.39, 0.29) is 11.7 Å². The minimum Gasteiger partial charge on any atom is -0.455 e. The molecule has 0 spiro atoms. The minimum absolute atomic E-state index is 0.171. The Hall–Kier alpha value is -2.52. The second-order valence-electron chi connectivity index (χ2n) is 5.57. The Kier molecular flexibility index (Phi) is 4.95. The van der Waals surface area contributed by atoms with Crippen molar-refractivity contribution in [1.82, 2.24) is 15.8 Å². The number of hydrogen-bond acceptors (Lipinski definition) is 6. The number of aromatic nitrogens is 1. The molecule has 0 radical (unpaired) electrons. The molecule has 2 heterocycles. The molecule has 1 aliphatic carbocycles. The van der Waals surface area contributed by atoms with E-state index < -0.39 is 5.91 Å². The van der Waals surface area contributed by atoms with Gasteiger partial charge >= 0.3 is 5.91 Å². The average molecular weight is 406 g/mol. The Bertz CT molecular complexity index is 875. The quantitative estimate of drug-likeness (QED) is 0.408. The molecule has 0 bridgehead atoms. The van der Waals surface area contributed by atoms with Crippen LogP contribution in [0.25, 0.3) is 0 Å². The van der Waals surface area contributed by atoms with Gasteiger partial charge in [0.25, 0.3) is 5.91 Å². The molecule has 0 saturated heterocycles. The number of nitrogen functional groups attached to an aromatic ring is 1. The molecule has 8 nitrogen and oxygen atoms in total. The molecule has 130 valence electrons. The summed E-state index contributed by atoms with van der Waals surface area (Å²) in [5, 5.41) is 4.24. The molecule has 2 aromatic rings. The molecule has 25 heavy (non-hydrogen) atoms. The third-order valence-corrected chi connectivity index (χ3v) is 4.36. The van der Waals surface area contributed by atoms with Crippen LogP contribution < -0.4 is 16.7 Å². The van der Waals surface area contributed by atoms with E-state index in [9.17, 15) is 9.59 Å². The number of carbonyl (C=O) groups is 2. The number of rotatable bonds is 3. The second-order valence-corrected chi connectivity index (χ2v) is 6.49. The van der Waals surface area contributed by atoms with Crippen LogP contribution in [0.3, 0.4) is 0 Å². The van der Waals surface area contributed by atoms with Gasteiger partial charge in [0.2, 0.25) is 0 Å². The van der Waals surface area contributed by atoms with E-state index in [1.54, 1.807) is 19.2 Å². The number of amides is 2. The maximum atomic E-state index is 12.2. The van der Waals surface area contributed by atoms with Gasteiger partial charge in [0.1, 0.15) is 5.76 Å². The molecule has 0 saturated carbocycles. The number of furan rings is 1. The monoisotopic (exact) mass is 405 g/mol. The van der Waals surface area contributed by atoms with Crippen molar-refractivity contribution in [2.75, 3.05) is 0 Å². The van der Waals surface area contributed by atoms with Crippen molar-refractivity contribution in [3.05, 3.63) is 51.1 Å². The maximum Gasteiger partial charge on any atom is 0.301 e. The first-order valence-electron chi connectivity index (χ1n) is 7.62. The molecule has 3 rings (SSSR count). The van der Waals surface area contributed by atoms with Crippen molar-refractivity contribution < 1.29 is 14.0 Å². The Morgan fingerprint density at radius 1 is 1.32 bits per heavy atom. The molecular weight excluding hydrogens is 390 g/mol. The van der Waals surface area contributed by atoms with Crippen LogP contribution in [-0.4, -0.2) is 22.5 Å². The van der Waals surface area contributed by atoms with Crippen LogP contribution in [0.15, 0.2) is 32.5 Å². The zero-order valence-corrected chi connectivity index (χ0v) is 15.0. The number of nitrogens with two attached hydrogens (primary N) is 1. The summed E-state index contributed by atoms with van der Waals surface area (Å²) < 4.78 is 6.33. The number of carbonyl (C=O) groups excluding carboxylic acids is 2. The third kappa shape index (κ3) is 3.47. The van der Waals surface area contributed by atoms with E-state index in [2.05, 4.69) is 36.9 Å². The average Bonchev–Trinajstić information content (AvgIpc) is 2.96. The molecule has 0 aliphatic heterocycles. The highest BCUT2D eigenvalue weighted by molar-refractivity contribution is 9.10. The third-order valence-electron chi connectivity index (χ3n) is 3.92. The van der Waals surface area contributed by atoms with Gasteiger partial charge in [0.05, 0.1) is 11.3 Å².